The third-order valence-corrected chi connectivity index (χ3v) is 10.0. The van der Waals surface area contributed by atoms with E-state index in [2.05, 4.69) is 140 Å². The van der Waals surface area contributed by atoms with E-state index in [1.807, 2.05) is 12.3 Å². The molecule has 9 aromatic rings. The van der Waals surface area contributed by atoms with Crippen molar-refractivity contribution in [2.75, 3.05) is 0 Å². The average Bonchev–Trinajstić information content (AvgIpc) is 3.54. The number of rotatable bonds is 2. The first-order chi connectivity index (χ1) is 22.6. The van der Waals surface area contributed by atoms with E-state index in [1.54, 1.807) is 0 Å². The number of hydrogen-bond acceptors (Lipinski definition) is 3. The number of hydrogen-bond donors (Lipinski definition) is 0. The van der Waals surface area contributed by atoms with Crippen molar-refractivity contribution >= 4 is 54.4 Å². The van der Waals surface area contributed by atoms with Crippen LogP contribution in [0.5, 0.6) is 0 Å². The van der Waals surface area contributed by atoms with Gasteiger partial charge in [0.05, 0.1) is 16.7 Å². The second-order valence-corrected chi connectivity index (χ2v) is 12.9. The summed E-state index contributed by atoms with van der Waals surface area (Å²) in [5.74, 6) is 0.619. The van der Waals surface area contributed by atoms with Crippen molar-refractivity contribution in [2.24, 2.45) is 0 Å². The molecule has 3 aromatic heterocycles. The highest BCUT2D eigenvalue weighted by Crippen LogP contribution is 2.49. The Morgan fingerprint density at radius 1 is 0.543 bits per heavy atom. The zero-order valence-electron chi connectivity index (χ0n) is 25.5. The summed E-state index contributed by atoms with van der Waals surface area (Å²) in [6.45, 7) is 4.63. The molecule has 0 saturated heterocycles. The molecule has 1 aliphatic carbocycles. The van der Waals surface area contributed by atoms with Crippen molar-refractivity contribution in [1.29, 1.82) is 0 Å². The van der Waals surface area contributed by atoms with Gasteiger partial charge < -0.3 is 0 Å². The maximum absolute atomic E-state index is 5.40. The number of nitrogens with zero attached hydrogens (tertiary/aromatic N) is 4. The number of fused-ring (bicyclic) bond motifs is 10. The standard InChI is InChI=1S/C42H28N4/c1-42(2)34-16-8-7-14-30(34)32-23-28(17-19-35(32)42)39-31-15-9-21-43-40(31)45-41(44-39)46-36-20-18-25-10-5-6-13-29(25)38(36)33-22-26-11-3-4-12-27(26)24-37(33)46/h3-24H,1-2H3. The van der Waals surface area contributed by atoms with Gasteiger partial charge in [-0.2, -0.15) is 4.98 Å². The lowest BCUT2D eigenvalue weighted by Gasteiger charge is -2.21. The molecule has 4 nitrogen and oxygen atoms in total. The first-order valence-electron chi connectivity index (χ1n) is 15.8. The quantitative estimate of drug-likeness (QED) is 0.202. The first-order valence-corrected chi connectivity index (χ1v) is 15.8. The van der Waals surface area contributed by atoms with Crippen molar-refractivity contribution in [3.8, 4) is 28.3 Å². The van der Waals surface area contributed by atoms with Crippen LogP contribution in [0.2, 0.25) is 0 Å². The van der Waals surface area contributed by atoms with Crippen LogP contribution in [0.1, 0.15) is 25.0 Å². The van der Waals surface area contributed by atoms with E-state index in [-0.39, 0.29) is 5.41 Å². The van der Waals surface area contributed by atoms with Gasteiger partial charge in [0.25, 0.3) is 0 Å². The summed E-state index contributed by atoms with van der Waals surface area (Å²) < 4.78 is 2.23. The summed E-state index contributed by atoms with van der Waals surface area (Å²) in [5.41, 5.74) is 9.99. The Kier molecular flexibility index (Phi) is 5.03. The Labute approximate surface area is 265 Å². The van der Waals surface area contributed by atoms with Crippen molar-refractivity contribution in [3.63, 3.8) is 0 Å². The van der Waals surface area contributed by atoms with E-state index in [4.69, 9.17) is 15.0 Å². The average molecular weight is 589 g/mol. The van der Waals surface area contributed by atoms with Gasteiger partial charge in [-0.3, -0.25) is 4.57 Å². The maximum atomic E-state index is 5.40. The van der Waals surface area contributed by atoms with Crippen molar-refractivity contribution in [2.45, 2.75) is 19.3 Å². The van der Waals surface area contributed by atoms with Crippen LogP contribution >= 0.6 is 0 Å². The summed E-state index contributed by atoms with van der Waals surface area (Å²) in [6, 6.07) is 45.8. The number of aromatic nitrogens is 4. The van der Waals surface area contributed by atoms with Crippen LogP contribution in [0.15, 0.2) is 134 Å². The monoisotopic (exact) mass is 588 g/mol. The summed E-state index contributed by atoms with van der Waals surface area (Å²) in [4.78, 5) is 15.3. The fourth-order valence-corrected chi connectivity index (χ4v) is 7.83. The van der Waals surface area contributed by atoms with Crippen LogP contribution in [-0.4, -0.2) is 19.5 Å². The summed E-state index contributed by atoms with van der Waals surface area (Å²) in [7, 11) is 0. The maximum Gasteiger partial charge on any atom is 0.237 e. The zero-order chi connectivity index (χ0) is 30.6. The molecule has 0 bridgehead atoms. The van der Waals surface area contributed by atoms with Crippen LogP contribution in [0.25, 0.3) is 82.7 Å². The fraction of sp³-hybridized carbons (Fsp3) is 0.0714. The van der Waals surface area contributed by atoms with Gasteiger partial charge in [-0.1, -0.05) is 105 Å². The molecule has 46 heavy (non-hydrogen) atoms. The van der Waals surface area contributed by atoms with Gasteiger partial charge in [-0.05, 0) is 80.2 Å². The molecule has 216 valence electrons. The molecule has 0 saturated carbocycles. The van der Waals surface area contributed by atoms with Crippen LogP contribution in [0.3, 0.4) is 0 Å². The predicted molar refractivity (Wildman–Crippen MR) is 190 cm³/mol. The molecule has 3 heterocycles. The molecule has 4 heteroatoms. The molecule has 1 aliphatic rings. The Morgan fingerprint density at radius 2 is 1.28 bits per heavy atom. The molecular weight excluding hydrogens is 560 g/mol. The van der Waals surface area contributed by atoms with E-state index < -0.39 is 0 Å². The highest BCUT2D eigenvalue weighted by Gasteiger charge is 2.35. The molecule has 0 N–H and O–H groups in total. The predicted octanol–water partition coefficient (Wildman–Crippen LogP) is 10.4. The Bertz CT molecular complexity index is 2730. The molecule has 0 amide bonds. The largest absolute Gasteiger partial charge is 0.278 e. The third-order valence-electron chi connectivity index (χ3n) is 10.0. The minimum absolute atomic E-state index is 0.0561. The van der Waals surface area contributed by atoms with E-state index in [9.17, 15) is 0 Å². The number of pyridine rings is 1. The molecule has 0 radical (unpaired) electrons. The minimum atomic E-state index is -0.0561. The molecular formula is C42H28N4. The molecule has 0 atom stereocenters. The third kappa shape index (κ3) is 3.41. The lowest BCUT2D eigenvalue weighted by Crippen LogP contribution is -2.14. The van der Waals surface area contributed by atoms with Crippen LogP contribution in [-0.2, 0) is 5.41 Å². The van der Waals surface area contributed by atoms with Gasteiger partial charge in [0.15, 0.2) is 5.65 Å². The van der Waals surface area contributed by atoms with Crippen LogP contribution in [0.4, 0.5) is 0 Å². The SMILES string of the molecule is CC1(C)c2ccccc2-c2cc(-c3nc(-n4c5cc6ccccc6cc5c5c6ccccc6ccc54)nc4ncccc34)ccc21. The number of benzene rings is 6. The molecule has 0 aliphatic heterocycles. The Hall–Kier alpha value is -5.87. The van der Waals surface area contributed by atoms with Gasteiger partial charge in [0.2, 0.25) is 5.95 Å². The van der Waals surface area contributed by atoms with E-state index in [0.717, 1.165) is 27.7 Å². The molecule has 0 spiro atoms. The van der Waals surface area contributed by atoms with E-state index >= 15 is 0 Å². The zero-order valence-corrected chi connectivity index (χ0v) is 25.5. The first kappa shape index (κ1) is 25.5. The van der Waals surface area contributed by atoms with Gasteiger partial charge in [-0.25, -0.2) is 9.97 Å². The second kappa shape index (κ2) is 9.09. The smallest absolute Gasteiger partial charge is 0.237 e. The second-order valence-electron chi connectivity index (χ2n) is 12.9. The van der Waals surface area contributed by atoms with E-state index in [1.165, 1.54) is 54.6 Å². The highest BCUT2D eigenvalue weighted by molar-refractivity contribution is 6.23. The lowest BCUT2D eigenvalue weighted by atomic mass is 9.82. The van der Waals surface area contributed by atoms with Gasteiger partial charge in [0, 0.05) is 33.3 Å². The topological polar surface area (TPSA) is 43.6 Å². The lowest BCUT2D eigenvalue weighted by molar-refractivity contribution is 0.660. The van der Waals surface area contributed by atoms with Crippen molar-refractivity contribution in [3.05, 3.63) is 145 Å². The highest BCUT2D eigenvalue weighted by atomic mass is 15.2. The van der Waals surface area contributed by atoms with Gasteiger partial charge in [0.1, 0.15) is 0 Å². The normalized spacial score (nSPS) is 13.6. The summed E-state index contributed by atoms with van der Waals surface area (Å²) in [6.07, 6.45) is 1.82. The summed E-state index contributed by atoms with van der Waals surface area (Å²) in [5, 5.41) is 8.17. The molecule has 0 fully saturated rings. The van der Waals surface area contributed by atoms with E-state index in [0.29, 0.717) is 11.6 Å². The van der Waals surface area contributed by atoms with Gasteiger partial charge in [-0.15, -0.1) is 0 Å². The molecule has 10 rings (SSSR count). The molecule has 6 aromatic carbocycles. The van der Waals surface area contributed by atoms with Crippen LogP contribution < -0.4 is 0 Å². The Balaban J connectivity index is 1.30. The van der Waals surface area contributed by atoms with Gasteiger partial charge >= 0.3 is 0 Å². The van der Waals surface area contributed by atoms with Crippen molar-refractivity contribution in [1.82, 2.24) is 19.5 Å². The fourth-order valence-electron chi connectivity index (χ4n) is 7.83. The van der Waals surface area contributed by atoms with Crippen LogP contribution in [0, 0.1) is 0 Å². The minimum Gasteiger partial charge on any atom is -0.278 e. The van der Waals surface area contributed by atoms with Crippen molar-refractivity contribution < 1.29 is 0 Å². The summed E-state index contributed by atoms with van der Waals surface area (Å²) >= 11 is 0. The Morgan fingerprint density at radius 3 is 2.17 bits per heavy atom. The molecule has 0 unspecified atom stereocenters.